The van der Waals surface area contributed by atoms with Crippen LogP contribution in [0.1, 0.15) is 44.1 Å². The Hall–Kier alpha value is -0.750. The Balaban J connectivity index is 2.00. The highest BCUT2D eigenvalue weighted by molar-refractivity contribution is 6.32. The summed E-state index contributed by atoms with van der Waals surface area (Å²) >= 11 is 6.12. The summed E-state index contributed by atoms with van der Waals surface area (Å²) in [7, 11) is 0. The first-order valence-electron chi connectivity index (χ1n) is 6.29. The van der Waals surface area contributed by atoms with Crippen LogP contribution in [0, 0.1) is 5.92 Å². The molecule has 1 aliphatic rings. The van der Waals surface area contributed by atoms with E-state index in [1.54, 1.807) is 0 Å². The summed E-state index contributed by atoms with van der Waals surface area (Å²) in [6.07, 6.45) is 12.8. The van der Waals surface area contributed by atoms with E-state index in [-0.39, 0.29) is 0 Å². The lowest BCUT2D eigenvalue weighted by Crippen LogP contribution is -1.92. The van der Waals surface area contributed by atoms with E-state index in [2.05, 4.69) is 18.2 Å². The summed E-state index contributed by atoms with van der Waals surface area (Å²) in [4.78, 5) is 0. The molecule has 0 N–H and O–H groups in total. The zero-order valence-electron chi connectivity index (χ0n) is 9.66. The molecule has 2 rings (SSSR count). The van der Waals surface area contributed by atoms with Crippen LogP contribution in [0.3, 0.4) is 0 Å². The van der Waals surface area contributed by atoms with E-state index in [1.807, 2.05) is 18.2 Å². The fraction of sp³-hybridized carbons (Fsp3) is 0.467. The number of allylic oxidation sites excluding steroid dienone is 1. The first-order chi connectivity index (χ1) is 7.86. The second kappa shape index (κ2) is 6.10. The van der Waals surface area contributed by atoms with Crippen molar-refractivity contribution >= 4 is 17.7 Å². The van der Waals surface area contributed by atoms with Gasteiger partial charge in [0.25, 0.3) is 0 Å². The average molecular weight is 235 g/mol. The van der Waals surface area contributed by atoms with Crippen LogP contribution in [0.4, 0.5) is 0 Å². The topological polar surface area (TPSA) is 0 Å². The summed E-state index contributed by atoms with van der Waals surface area (Å²) < 4.78 is 0. The lowest BCUT2D eigenvalue weighted by atomic mass is 9.99. The first kappa shape index (κ1) is 11.7. The highest BCUT2D eigenvalue weighted by atomic mass is 35.5. The monoisotopic (exact) mass is 234 g/mol. The third-order valence-electron chi connectivity index (χ3n) is 3.35. The van der Waals surface area contributed by atoms with Crippen LogP contribution in [0.2, 0.25) is 5.02 Å². The first-order valence-corrected chi connectivity index (χ1v) is 6.67. The van der Waals surface area contributed by atoms with Gasteiger partial charge in [-0.15, -0.1) is 0 Å². The lowest BCUT2D eigenvalue weighted by molar-refractivity contribution is 0.561. The molecule has 0 saturated heterocycles. The van der Waals surface area contributed by atoms with Crippen LogP contribution < -0.4 is 0 Å². The normalized spacial score (nSPS) is 18.8. The molecular weight excluding hydrogens is 216 g/mol. The van der Waals surface area contributed by atoms with Crippen molar-refractivity contribution in [3.05, 3.63) is 40.9 Å². The fourth-order valence-corrected chi connectivity index (χ4v) is 2.55. The van der Waals surface area contributed by atoms with Gasteiger partial charge in [-0.25, -0.2) is 0 Å². The number of benzene rings is 1. The fourth-order valence-electron chi connectivity index (χ4n) is 2.35. The number of halogens is 1. The maximum Gasteiger partial charge on any atom is 0.0478 e. The smallest absolute Gasteiger partial charge is 0.0478 e. The quantitative estimate of drug-likeness (QED) is 0.608. The molecule has 0 radical (unpaired) electrons. The van der Waals surface area contributed by atoms with Gasteiger partial charge in [-0.3, -0.25) is 0 Å². The average Bonchev–Trinajstić information content (AvgIpc) is 2.56. The van der Waals surface area contributed by atoms with Gasteiger partial charge in [0.2, 0.25) is 0 Å². The third kappa shape index (κ3) is 3.38. The molecule has 0 heterocycles. The molecule has 16 heavy (non-hydrogen) atoms. The minimum atomic E-state index is 0.763. The molecule has 0 aromatic heterocycles. The van der Waals surface area contributed by atoms with E-state index in [1.165, 1.54) is 38.5 Å². The van der Waals surface area contributed by atoms with Crippen LogP contribution in [0.5, 0.6) is 0 Å². The van der Waals surface area contributed by atoms with Gasteiger partial charge >= 0.3 is 0 Å². The van der Waals surface area contributed by atoms with Crippen molar-refractivity contribution in [3.8, 4) is 0 Å². The summed E-state index contributed by atoms with van der Waals surface area (Å²) in [6.45, 7) is 0. The molecule has 0 unspecified atom stereocenters. The molecule has 1 saturated carbocycles. The Labute approximate surface area is 103 Å². The Morgan fingerprint density at radius 2 is 1.69 bits per heavy atom. The van der Waals surface area contributed by atoms with Gasteiger partial charge in [-0.2, -0.15) is 0 Å². The minimum Gasteiger partial charge on any atom is -0.0837 e. The van der Waals surface area contributed by atoms with Crippen LogP contribution in [0.25, 0.3) is 6.08 Å². The van der Waals surface area contributed by atoms with Gasteiger partial charge in [0.15, 0.2) is 0 Å². The zero-order valence-corrected chi connectivity index (χ0v) is 10.4. The third-order valence-corrected chi connectivity index (χ3v) is 3.70. The highest BCUT2D eigenvalue weighted by Crippen LogP contribution is 2.25. The Kier molecular flexibility index (Phi) is 4.47. The summed E-state index contributed by atoms with van der Waals surface area (Å²) in [6, 6.07) is 8.05. The van der Waals surface area contributed by atoms with E-state index in [0.717, 1.165) is 16.5 Å². The van der Waals surface area contributed by atoms with Gasteiger partial charge in [0, 0.05) is 5.02 Å². The summed E-state index contributed by atoms with van der Waals surface area (Å²) in [5, 5.41) is 0.854. The molecule has 0 bridgehead atoms. The molecule has 0 atom stereocenters. The van der Waals surface area contributed by atoms with Crippen LogP contribution in [-0.2, 0) is 0 Å². The number of hydrogen-bond donors (Lipinski definition) is 0. The lowest BCUT2D eigenvalue weighted by Gasteiger charge is -2.07. The highest BCUT2D eigenvalue weighted by Gasteiger charge is 2.08. The standard InChI is InChI=1S/C15H19Cl/c16-15-10-6-5-9-14(15)12-11-13-7-3-1-2-4-8-13/h5-6,9-13H,1-4,7-8H2. The molecule has 0 spiro atoms. The maximum atomic E-state index is 6.12. The predicted molar refractivity (Wildman–Crippen MR) is 71.7 cm³/mol. The van der Waals surface area contributed by atoms with Crippen molar-refractivity contribution in [2.75, 3.05) is 0 Å². The molecule has 1 aromatic carbocycles. The Bertz CT molecular complexity index is 346. The van der Waals surface area contributed by atoms with Crippen LogP contribution in [-0.4, -0.2) is 0 Å². The molecule has 1 fully saturated rings. The van der Waals surface area contributed by atoms with Crippen LogP contribution >= 0.6 is 11.6 Å². The molecule has 1 aliphatic carbocycles. The maximum absolute atomic E-state index is 6.12. The van der Waals surface area contributed by atoms with Gasteiger partial charge < -0.3 is 0 Å². The van der Waals surface area contributed by atoms with Crippen molar-refractivity contribution in [2.24, 2.45) is 5.92 Å². The molecule has 86 valence electrons. The van der Waals surface area contributed by atoms with Gasteiger partial charge in [-0.1, -0.05) is 67.6 Å². The Morgan fingerprint density at radius 1 is 1.00 bits per heavy atom. The van der Waals surface area contributed by atoms with Crippen molar-refractivity contribution in [1.82, 2.24) is 0 Å². The van der Waals surface area contributed by atoms with E-state index < -0.39 is 0 Å². The second-order valence-corrected chi connectivity index (χ2v) is 5.04. The number of rotatable bonds is 2. The predicted octanol–water partition coefficient (Wildman–Crippen LogP) is 5.32. The van der Waals surface area contributed by atoms with Crippen molar-refractivity contribution in [1.29, 1.82) is 0 Å². The van der Waals surface area contributed by atoms with Crippen molar-refractivity contribution in [3.63, 3.8) is 0 Å². The number of hydrogen-bond acceptors (Lipinski definition) is 0. The summed E-state index contributed by atoms with van der Waals surface area (Å²) in [5.41, 5.74) is 1.15. The zero-order chi connectivity index (χ0) is 11.2. The van der Waals surface area contributed by atoms with Gasteiger partial charge in [0.1, 0.15) is 0 Å². The van der Waals surface area contributed by atoms with E-state index >= 15 is 0 Å². The second-order valence-electron chi connectivity index (χ2n) is 4.63. The molecule has 1 aromatic rings. The molecule has 0 nitrogen and oxygen atoms in total. The Morgan fingerprint density at radius 3 is 2.38 bits per heavy atom. The van der Waals surface area contributed by atoms with E-state index in [4.69, 9.17) is 11.6 Å². The largest absolute Gasteiger partial charge is 0.0837 e. The SMILES string of the molecule is Clc1ccccc1C=CC1CCCCCC1. The molecule has 0 amide bonds. The summed E-state index contributed by atoms with van der Waals surface area (Å²) in [5.74, 6) is 0.763. The molecule has 1 heteroatoms. The van der Waals surface area contributed by atoms with Gasteiger partial charge in [0.05, 0.1) is 0 Å². The van der Waals surface area contributed by atoms with E-state index in [9.17, 15) is 0 Å². The van der Waals surface area contributed by atoms with Crippen molar-refractivity contribution < 1.29 is 0 Å². The molecular formula is C15H19Cl. The minimum absolute atomic E-state index is 0.763. The van der Waals surface area contributed by atoms with Crippen molar-refractivity contribution in [2.45, 2.75) is 38.5 Å². The van der Waals surface area contributed by atoms with Gasteiger partial charge in [-0.05, 0) is 30.4 Å². The van der Waals surface area contributed by atoms with E-state index in [0.29, 0.717) is 0 Å². The van der Waals surface area contributed by atoms with Crippen LogP contribution in [0.15, 0.2) is 30.3 Å². The molecule has 0 aliphatic heterocycles.